The van der Waals surface area contributed by atoms with Gasteiger partial charge in [0.25, 0.3) is 0 Å². The van der Waals surface area contributed by atoms with Crippen LogP contribution in [0.5, 0.6) is 0 Å². The second-order valence-electron chi connectivity index (χ2n) is 12.8. The third-order valence-corrected chi connectivity index (χ3v) is 11.8. The molecular formula is C32H38Br2N10OS2Si. The topological polar surface area (TPSA) is 128 Å². The van der Waals surface area contributed by atoms with Crippen molar-refractivity contribution in [1.29, 1.82) is 0 Å². The van der Waals surface area contributed by atoms with Gasteiger partial charge in [0, 0.05) is 47.9 Å². The van der Waals surface area contributed by atoms with Crippen molar-refractivity contribution in [1.82, 2.24) is 40.3 Å². The molecule has 0 fully saturated rings. The van der Waals surface area contributed by atoms with E-state index in [4.69, 9.17) is 9.72 Å². The fourth-order valence-electron chi connectivity index (χ4n) is 4.12. The van der Waals surface area contributed by atoms with E-state index in [-0.39, 0.29) is 0 Å². The Morgan fingerprint density at radius 2 is 1.38 bits per heavy atom. The van der Waals surface area contributed by atoms with Crippen LogP contribution in [0.3, 0.4) is 0 Å². The second-order valence-corrected chi connectivity index (χ2v) is 22.3. The average Bonchev–Trinajstić information content (AvgIpc) is 3.71. The standard InChI is InChI=1S/C19H26BrN5OSSi.C13H12BrN5S/c1-13(2)18-23-24-19(27-18)25(12-26-8-9-28(3,4)5)17-7-6-15-16(22-17)10-14(20)11-21-15;1-7(2)12-18-19-13(20-12)17-11-4-3-9-10(16-11)5-8(14)6-15-9/h6-7,10-11,13H,8-9,12H2,1-5H3;3-7H,1-2H3,(H,16,17,19). The lowest BCUT2D eigenvalue weighted by Gasteiger charge is -2.22. The number of hydrogen-bond acceptors (Lipinski definition) is 13. The summed E-state index contributed by atoms with van der Waals surface area (Å²) >= 11 is 10.0. The first kappa shape index (κ1) is 36.3. The molecule has 0 aliphatic carbocycles. The summed E-state index contributed by atoms with van der Waals surface area (Å²) in [6.45, 7) is 16.6. The van der Waals surface area contributed by atoms with Gasteiger partial charge in [-0.2, -0.15) is 0 Å². The molecule has 0 unspecified atom stereocenters. The fourth-order valence-corrected chi connectivity index (χ4v) is 7.11. The highest BCUT2D eigenvalue weighted by Gasteiger charge is 2.19. The summed E-state index contributed by atoms with van der Waals surface area (Å²) in [7, 11) is -1.14. The minimum Gasteiger partial charge on any atom is -0.361 e. The molecule has 0 saturated heterocycles. The van der Waals surface area contributed by atoms with Gasteiger partial charge in [-0.3, -0.25) is 14.9 Å². The van der Waals surface area contributed by atoms with Crippen molar-refractivity contribution in [2.45, 2.75) is 65.2 Å². The lowest BCUT2D eigenvalue weighted by atomic mass is 10.2. The van der Waals surface area contributed by atoms with Crippen molar-refractivity contribution in [2.75, 3.05) is 23.6 Å². The Balaban J connectivity index is 0.000000198. The van der Waals surface area contributed by atoms with E-state index in [1.165, 1.54) is 0 Å². The van der Waals surface area contributed by atoms with Gasteiger partial charge in [0.05, 0.1) is 22.1 Å². The summed E-state index contributed by atoms with van der Waals surface area (Å²) in [5, 5.41) is 23.8. The summed E-state index contributed by atoms with van der Waals surface area (Å²) in [6.07, 6.45) is 3.54. The number of ether oxygens (including phenoxy) is 1. The van der Waals surface area contributed by atoms with Crippen molar-refractivity contribution >= 4 is 107 Å². The number of rotatable bonds is 11. The maximum absolute atomic E-state index is 6.02. The molecule has 11 nitrogen and oxygen atoms in total. The smallest absolute Gasteiger partial charge is 0.215 e. The van der Waals surface area contributed by atoms with E-state index in [0.717, 1.165) is 75.6 Å². The maximum Gasteiger partial charge on any atom is 0.215 e. The summed E-state index contributed by atoms with van der Waals surface area (Å²) in [6, 6.07) is 12.8. The van der Waals surface area contributed by atoms with Crippen molar-refractivity contribution in [2.24, 2.45) is 0 Å². The molecule has 0 atom stereocenters. The highest BCUT2D eigenvalue weighted by molar-refractivity contribution is 9.10. The van der Waals surface area contributed by atoms with Gasteiger partial charge >= 0.3 is 0 Å². The minimum atomic E-state index is -1.14. The molecule has 16 heteroatoms. The first-order chi connectivity index (χ1) is 22.8. The largest absolute Gasteiger partial charge is 0.361 e. The third kappa shape index (κ3) is 10.0. The van der Waals surface area contributed by atoms with E-state index in [9.17, 15) is 0 Å². The summed E-state index contributed by atoms with van der Waals surface area (Å²) < 4.78 is 7.83. The van der Waals surface area contributed by atoms with Crippen molar-refractivity contribution in [3.05, 3.63) is 67.8 Å². The van der Waals surface area contributed by atoms with Gasteiger partial charge in [-0.05, 0) is 74.3 Å². The lowest BCUT2D eigenvalue weighted by molar-refractivity contribution is 0.153. The van der Waals surface area contributed by atoms with Crippen LogP contribution in [0.1, 0.15) is 49.5 Å². The van der Waals surface area contributed by atoms with Crippen LogP contribution < -0.4 is 10.2 Å². The molecule has 6 heterocycles. The fraction of sp³-hybridized carbons (Fsp3) is 0.375. The molecule has 0 aromatic carbocycles. The minimum absolute atomic E-state index is 0.339. The molecule has 6 rings (SSSR count). The Bertz CT molecular complexity index is 1980. The van der Waals surface area contributed by atoms with Crippen LogP contribution in [0.2, 0.25) is 25.7 Å². The Kier molecular flexibility index (Phi) is 12.2. The molecule has 0 spiro atoms. The van der Waals surface area contributed by atoms with Crippen LogP contribution in [0.15, 0.2) is 57.7 Å². The van der Waals surface area contributed by atoms with E-state index < -0.39 is 8.07 Å². The van der Waals surface area contributed by atoms with Gasteiger partial charge in [0.2, 0.25) is 10.3 Å². The predicted molar refractivity (Wildman–Crippen MR) is 207 cm³/mol. The van der Waals surface area contributed by atoms with E-state index in [2.05, 4.69) is 120 Å². The molecule has 0 bridgehead atoms. The molecule has 6 aromatic rings. The Morgan fingerprint density at radius 3 is 1.98 bits per heavy atom. The summed E-state index contributed by atoms with van der Waals surface area (Å²) in [5.74, 6) is 2.24. The molecule has 48 heavy (non-hydrogen) atoms. The first-order valence-corrected chi connectivity index (χ1v) is 22.4. The van der Waals surface area contributed by atoms with E-state index in [1.54, 1.807) is 35.1 Å². The number of anilines is 4. The number of halogens is 2. The van der Waals surface area contributed by atoms with Crippen LogP contribution >= 0.6 is 54.5 Å². The highest BCUT2D eigenvalue weighted by atomic mass is 79.9. The monoisotopic (exact) mass is 828 g/mol. The zero-order chi connectivity index (χ0) is 34.4. The number of pyridine rings is 4. The quantitative estimate of drug-likeness (QED) is 0.0762. The van der Waals surface area contributed by atoms with Crippen molar-refractivity contribution < 1.29 is 4.74 Å². The van der Waals surface area contributed by atoms with Gasteiger partial charge in [-0.15, -0.1) is 20.4 Å². The maximum atomic E-state index is 6.02. The second kappa shape index (κ2) is 16.1. The molecule has 0 aliphatic heterocycles. The summed E-state index contributed by atoms with van der Waals surface area (Å²) in [4.78, 5) is 20.0. The SMILES string of the molecule is CC(C)c1nnc(N(COCC[Si](C)(C)C)c2ccc3ncc(Br)cc3n2)s1.CC(C)c1nnc(Nc2ccc3ncc(Br)cc3n2)s1. The third-order valence-electron chi connectivity index (χ3n) is 6.81. The van der Waals surface area contributed by atoms with Crippen LogP contribution in [0, 0.1) is 0 Å². The normalized spacial score (nSPS) is 11.7. The Morgan fingerprint density at radius 1 is 0.771 bits per heavy atom. The number of fused-ring (bicyclic) bond motifs is 2. The van der Waals surface area contributed by atoms with Crippen molar-refractivity contribution in [3.8, 4) is 0 Å². The van der Waals surface area contributed by atoms with Crippen LogP contribution in [0.4, 0.5) is 21.9 Å². The molecule has 6 aromatic heterocycles. The molecule has 0 saturated carbocycles. The lowest BCUT2D eigenvalue weighted by Crippen LogP contribution is -2.26. The number of nitrogens with one attached hydrogen (secondary N) is 1. The van der Waals surface area contributed by atoms with E-state index in [0.29, 0.717) is 18.6 Å². The van der Waals surface area contributed by atoms with Gasteiger partial charge in [0.1, 0.15) is 28.4 Å². The average molecular weight is 831 g/mol. The number of nitrogens with zero attached hydrogens (tertiary/aromatic N) is 9. The Hall–Kier alpha value is -3.02. The van der Waals surface area contributed by atoms with Gasteiger partial charge in [0.15, 0.2) is 0 Å². The summed E-state index contributed by atoms with van der Waals surface area (Å²) in [5.41, 5.74) is 3.37. The molecule has 252 valence electrons. The number of aromatic nitrogens is 8. The predicted octanol–water partition coefficient (Wildman–Crippen LogP) is 9.93. The highest BCUT2D eigenvalue weighted by Crippen LogP contribution is 2.31. The molecule has 0 radical (unpaired) electrons. The molecule has 1 N–H and O–H groups in total. The van der Waals surface area contributed by atoms with E-state index >= 15 is 0 Å². The van der Waals surface area contributed by atoms with Gasteiger partial charge in [-0.1, -0.05) is 70.0 Å². The molecule has 0 amide bonds. The molecule has 0 aliphatic rings. The van der Waals surface area contributed by atoms with Crippen LogP contribution in [-0.2, 0) is 4.74 Å². The molecular weight excluding hydrogens is 792 g/mol. The zero-order valence-electron chi connectivity index (χ0n) is 27.9. The van der Waals surface area contributed by atoms with Crippen LogP contribution in [0.25, 0.3) is 22.1 Å². The van der Waals surface area contributed by atoms with Crippen molar-refractivity contribution in [3.63, 3.8) is 0 Å². The Labute approximate surface area is 306 Å². The first-order valence-electron chi connectivity index (χ1n) is 15.5. The van der Waals surface area contributed by atoms with E-state index in [1.807, 2.05) is 41.3 Å². The number of hydrogen-bond donors (Lipinski definition) is 1. The van der Waals surface area contributed by atoms with Crippen LogP contribution in [-0.4, -0.2) is 61.7 Å². The van der Waals surface area contributed by atoms with Gasteiger partial charge in [-0.25, -0.2) is 9.97 Å². The zero-order valence-corrected chi connectivity index (χ0v) is 33.7. The van der Waals surface area contributed by atoms with Gasteiger partial charge < -0.3 is 10.1 Å².